The fraction of sp³-hybridized carbons (Fsp3) is 0.0769. The van der Waals surface area contributed by atoms with Crippen LogP contribution in [0.25, 0.3) is 6.08 Å². The number of hydrogen-bond donors (Lipinski definition) is 3. The van der Waals surface area contributed by atoms with Gasteiger partial charge in [-0.15, -0.1) is 0 Å². The predicted molar refractivity (Wildman–Crippen MR) is 74.3 cm³/mol. The first-order valence-electron chi connectivity index (χ1n) is 5.75. The SMILES string of the molecule is CC(=O)Nc1cccc2c1C(=O)/C(=N/NC(N)=O)C=C2. The van der Waals surface area contributed by atoms with Crippen molar-refractivity contribution in [2.75, 3.05) is 5.32 Å². The summed E-state index contributed by atoms with van der Waals surface area (Å²) in [6.07, 6.45) is 3.14. The van der Waals surface area contributed by atoms with Crippen molar-refractivity contribution < 1.29 is 14.4 Å². The van der Waals surface area contributed by atoms with Crippen LogP contribution in [0.5, 0.6) is 0 Å². The van der Waals surface area contributed by atoms with Crippen LogP contribution in [0.3, 0.4) is 0 Å². The summed E-state index contributed by atoms with van der Waals surface area (Å²) in [5, 5.41) is 6.21. The Morgan fingerprint density at radius 2 is 2.00 bits per heavy atom. The number of carbonyl (C=O) groups is 3. The summed E-state index contributed by atoms with van der Waals surface area (Å²) in [5.74, 6) is -0.685. The molecule has 0 aromatic heterocycles. The third-order valence-corrected chi connectivity index (χ3v) is 2.57. The fourth-order valence-electron chi connectivity index (χ4n) is 1.83. The first-order chi connectivity index (χ1) is 9.49. The molecule has 0 radical (unpaired) electrons. The van der Waals surface area contributed by atoms with E-state index in [1.165, 1.54) is 13.0 Å². The normalized spacial score (nSPS) is 14.8. The number of carbonyl (C=O) groups excluding carboxylic acids is 3. The highest BCUT2D eigenvalue weighted by Gasteiger charge is 2.23. The summed E-state index contributed by atoms with van der Waals surface area (Å²) < 4.78 is 0. The first kappa shape index (κ1) is 13.5. The van der Waals surface area contributed by atoms with Gasteiger partial charge >= 0.3 is 6.03 Å². The van der Waals surface area contributed by atoms with Gasteiger partial charge < -0.3 is 11.1 Å². The van der Waals surface area contributed by atoms with Crippen LogP contribution in [0.1, 0.15) is 22.8 Å². The van der Waals surface area contributed by atoms with Crippen molar-refractivity contribution in [2.24, 2.45) is 10.8 Å². The molecule has 1 aliphatic carbocycles. The van der Waals surface area contributed by atoms with E-state index in [2.05, 4.69) is 10.4 Å². The molecule has 0 saturated heterocycles. The number of ketones is 1. The van der Waals surface area contributed by atoms with E-state index >= 15 is 0 Å². The first-order valence-corrected chi connectivity index (χ1v) is 5.75. The summed E-state index contributed by atoms with van der Waals surface area (Å²) in [6, 6.07) is 4.23. The van der Waals surface area contributed by atoms with E-state index < -0.39 is 11.8 Å². The molecule has 4 N–H and O–H groups in total. The lowest BCUT2D eigenvalue weighted by molar-refractivity contribution is -0.114. The van der Waals surface area contributed by atoms with Gasteiger partial charge in [-0.2, -0.15) is 5.10 Å². The highest BCUT2D eigenvalue weighted by Crippen LogP contribution is 2.25. The maximum absolute atomic E-state index is 12.3. The van der Waals surface area contributed by atoms with Gasteiger partial charge in [-0.1, -0.05) is 18.2 Å². The van der Waals surface area contributed by atoms with Crippen LogP contribution in [0.2, 0.25) is 0 Å². The topological polar surface area (TPSA) is 114 Å². The third kappa shape index (κ3) is 2.72. The van der Waals surface area contributed by atoms with Crippen molar-refractivity contribution in [3.8, 4) is 0 Å². The number of nitrogens with zero attached hydrogens (tertiary/aromatic N) is 1. The molecular formula is C13H12N4O3. The van der Waals surface area contributed by atoms with E-state index in [0.717, 1.165) is 0 Å². The van der Waals surface area contributed by atoms with E-state index in [-0.39, 0.29) is 11.6 Å². The Hall–Kier alpha value is -2.96. The Labute approximate surface area is 114 Å². The fourth-order valence-corrected chi connectivity index (χ4v) is 1.83. The van der Waals surface area contributed by atoms with Crippen molar-refractivity contribution >= 4 is 35.2 Å². The Morgan fingerprint density at radius 3 is 2.65 bits per heavy atom. The Kier molecular flexibility index (Phi) is 3.60. The Morgan fingerprint density at radius 1 is 1.25 bits per heavy atom. The average molecular weight is 272 g/mol. The minimum atomic E-state index is -0.861. The number of hydrazone groups is 1. The van der Waals surface area contributed by atoms with E-state index in [1.807, 2.05) is 5.43 Å². The quantitative estimate of drug-likeness (QED) is 0.694. The van der Waals surface area contributed by atoms with E-state index in [1.54, 1.807) is 24.3 Å². The monoisotopic (exact) mass is 272 g/mol. The number of Topliss-reactive ketones (excluding diaryl/α,β-unsaturated/α-hetero) is 1. The maximum atomic E-state index is 12.3. The molecule has 1 aromatic rings. The molecule has 7 nitrogen and oxygen atoms in total. The van der Waals surface area contributed by atoms with Crippen LogP contribution in [0.15, 0.2) is 29.4 Å². The van der Waals surface area contributed by atoms with E-state index in [4.69, 9.17) is 5.73 Å². The number of amides is 3. The zero-order chi connectivity index (χ0) is 14.7. The van der Waals surface area contributed by atoms with Gasteiger partial charge in [0.05, 0.1) is 11.3 Å². The maximum Gasteiger partial charge on any atom is 0.332 e. The Bertz CT molecular complexity index is 662. The van der Waals surface area contributed by atoms with Crippen LogP contribution in [-0.2, 0) is 4.79 Å². The van der Waals surface area contributed by atoms with Crippen molar-refractivity contribution in [1.29, 1.82) is 0 Å². The Balaban J connectivity index is 2.44. The van der Waals surface area contributed by atoms with E-state index in [0.29, 0.717) is 16.8 Å². The highest BCUT2D eigenvalue weighted by molar-refractivity contribution is 6.53. The van der Waals surface area contributed by atoms with Crippen molar-refractivity contribution in [1.82, 2.24) is 5.43 Å². The molecule has 7 heteroatoms. The summed E-state index contributed by atoms with van der Waals surface area (Å²) >= 11 is 0. The second-order valence-electron chi connectivity index (χ2n) is 4.09. The number of nitrogens with one attached hydrogen (secondary N) is 2. The van der Waals surface area contributed by atoms with Crippen LogP contribution in [0, 0.1) is 0 Å². The molecule has 0 fully saturated rings. The lowest BCUT2D eigenvalue weighted by Gasteiger charge is -2.15. The molecule has 102 valence electrons. The molecule has 0 spiro atoms. The van der Waals surface area contributed by atoms with Gasteiger partial charge in [0.25, 0.3) is 0 Å². The molecule has 1 aliphatic rings. The molecule has 2 rings (SSSR count). The molecule has 20 heavy (non-hydrogen) atoms. The molecule has 0 bridgehead atoms. The number of rotatable bonds is 2. The van der Waals surface area contributed by atoms with E-state index in [9.17, 15) is 14.4 Å². The lowest BCUT2D eigenvalue weighted by atomic mass is 9.93. The smallest absolute Gasteiger partial charge is 0.332 e. The minimum Gasteiger partial charge on any atom is -0.350 e. The number of anilines is 1. The summed E-state index contributed by atoms with van der Waals surface area (Å²) in [5.41, 5.74) is 8.33. The van der Waals surface area contributed by atoms with Gasteiger partial charge in [0.1, 0.15) is 5.71 Å². The zero-order valence-corrected chi connectivity index (χ0v) is 10.6. The molecule has 0 aliphatic heterocycles. The van der Waals surface area contributed by atoms with Gasteiger partial charge in [0.15, 0.2) is 0 Å². The van der Waals surface area contributed by atoms with Crippen molar-refractivity contribution in [2.45, 2.75) is 6.92 Å². The van der Waals surface area contributed by atoms with Crippen molar-refractivity contribution in [3.05, 3.63) is 35.4 Å². The van der Waals surface area contributed by atoms with Crippen LogP contribution < -0.4 is 16.5 Å². The van der Waals surface area contributed by atoms with Crippen LogP contribution >= 0.6 is 0 Å². The van der Waals surface area contributed by atoms with Gasteiger partial charge in [0.2, 0.25) is 11.7 Å². The minimum absolute atomic E-state index is 0.0362. The lowest BCUT2D eigenvalue weighted by Crippen LogP contribution is -2.28. The van der Waals surface area contributed by atoms with Gasteiger partial charge in [-0.05, 0) is 17.7 Å². The summed E-state index contributed by atoms with van der Waals surface area (Å²) in [7, 11) is 0. The number of fused-ring (bicyclic) bond motifs is 1. The van der Waals surface area contributed by atoms with Crippen LogP contribution in [-0.4, -0.2) is 23.4 Å². The number of hydrogen-bond acceptors (Lipinski definition) is 4. The van der Waals surface area contributed by atoms with Gasteiger partial charge in [0, 0.05) is 6.92 Å². The molecular weight excluding hydrogens is 260 g/mol. The molecule has 0 heterocycles. The average Bonchev–Trinajstić information content (AvgIpc) is 2.37. The standard InChI is InChI=1S/C13H12N4O3/c1-7(18)15-9-4-2-3-8-5-6-10(12(19)11(8)9)16-17-13(14)20/h2-6H,1H3,(H,15,18)(H3,14,17,20)/b16-10+. The second-order valence-corrected chi connectivity index (χ2v) is 4.09. The van der Waals surface area contributed by atoms with Gasteiger partial charge in [-0.3, -0.25) is 9.59 Å². The molecule has 0 saturated carbocycles. The summed E-state index contributed by atoms with van der Waals surface area (Å²) in [4.78, 5) is 34.1. The number of urea groups is 1. The molecule has 0 atom stereocenters. The van der Waals surface area contributed by atoms with Crippen LogP contribution in [0.4, 0.5) is 10.5 Å². The van der Waals surface area contributed by atoms with Gasteiger partial charge in [-0.25, -0.2) is 10.2 Å². The number of primary amides is 1. The molecule has 3 amide bonds. The number of nitrogens with two attached hydrogens (primary N) is 1. The third-order valence-electron chi connectivity index (χ3n) is 2.57. The number of allylic oxidation sites excluding steroid dienone is 1. The summed E-state index contributed by atoms with van der Waals surface area (Å²) in [6.45, 7) is 1.35. The largest absolute Gasteiger partial charge is 0.350 e. The highest BCUT2D eigenvalue weighted by atomic mass is 16.2. The molecule has 0 unspecified atom stereocenters. The van der Waals surface area contributed by atoms with Crippen molar-refractivity contribution in [3.63, 3.8) is 0 Å². The zero-order valence-electron chi connectivity index (χ0n) is 10.6. The molecule has 1 aromatic carbocycles. The number of benzene rings is 1. The predicted octanol–water partition coefficient (Wildman–Crippen LogP) is 0.879. The second kappa shape index (κ2) is 5.35.